The molecule has 1 aliphatic rings. The minimum absolute atomic E-state index is 0.0744. The highest BCUT2D eigenvalue weighted by Gasteiger charge is 2.34. The fraction of sp³-hybridized carbons (Fsp3) is 0.800. The number of hydrogen-bond acceptors (Lipinski definition) is 5. The Kier molecular flexibility index (Phi) is 3.93. The zero-order chi connectivity index (χ0) is 13.3. The van der Waals surface area contributed by atoms with Gasteiger partial charge < -0.3 is 9.30 Å². The summed E-state index contributed by atoms with van der Waals surface area (Å²) in [6.45, 7) is 5.02. The van der Waals surface area contributed by atoms with E-state index in [1.807, 2.05) is 13.8 Å². The predicted molar refractivity (Wildman–Crippen MR) is 66.1 cm³/mol. The molecular formula is C10H16ClN3O3S. The number of rotatable bonds is 4. The van der Waals surface area contributed by atoms with Crippen LogP contribution in [-0.4, -0.2) is 35.9 Å². The summed E-state index contributed by atoms with van der Waals surface area (Å²) in [4.78, 5) is 0. The van der Waals surface area contributed by atoms with Gasteiger partial charge >= 0.3 is 0 Å². The van der Waals surface area contributed by atoms with Crippen molar-refractivity contribution >= 4 is 19.7 Å². The predicted octanol–water partition coefficient (Wildman–Crippen LogP) is 1.51. The first-order chi connectivity index (χ1) is 8.49. The van der Waals surface area contributed by atoms with Gasteiger partial charge in [-0.25, -0.2) is 8.42 Å². The molecule has 1 aromatic heterocycles. The molecule has 1 aromatic rings. The van der Waals surface area contributed by atoms with Crippen molar-refractivity contribution < 1.29 is 13.2 Å². The van der Waals surface area contributed by atoms with Crippen molar-refractivity contribution in [2.24, 2.45) is 0 Å². The molecule has 6 nitrogen and oxygen atoms in total. The fourth-order valence-corrected chi connectivity index (χ4v) is 3.36. The third-order valence-corrected chi connectivity index (χ3v) is 4.38. The van der Waals surface area contributed by atoms with E-state index in [2.05, 4.69) is 10.2 Å². The zero-order valence-corrected chi connectivity index (χ0v) is 11.9. The number of nitrogens with zero attached hydrogens (tertiary/aromatic N) is 3. The highest BCUT2D eigenvalue weighted by molar-refractivity contribution is 8.13. The lowest BCUT2D eigenvalue weighted by atomic mass is 9.99. The van der Waals surface area contributed by atoms with E-state index in [-0.39, 0.29) is 17.2 Å². The molecule has 18 heavy (non-hydrogen) atoms. The van der Waals surface area contributed by atoms with Crippen LogP contribution in [-0.2, 0) is 20.3 Å². The first-order valence-corrected chi connectivity index (χ1v) is 8.29. The quantitative estimate of drug-likeness (QED) is 0.787. The van der Waals surface area contributed by atoms with Crippen LogP contribution < -0.4 is 0 Å². The number of aromatic nitrogens is 3. The molecule has 0 spiro atoms. The monoisotopic (exact) mass is 293 g/mol. The number of hydrogen-bond donors (Lipinski definition) is 0. The third-order valence-electron chi connectivity index (χ3n) is 3.22. The lowest BCUT2D eigenvalue weighted by Gasteiger charge is -2.16. The maximum absolute atomic E-state index is 11.4. The second-order valence-corrected chi connectivity index (χ2v) is 6.70. The highest BCUT2D eigenvalue weighted by Crippen LogP contribution is 2.33. The van der Waals surface area contributed by atoms with Crippen molar-refractivity contribution in [3.63, 3.8) is 0 Å². The largest absolute Gasteiger partial charge is 0.377 e. The van der Waals surface area contributed by atoms with E-state index >= 15 is 0 Å². The lowest BCUT2D eigenvalue weighted by molar-refractivity contribution is 0.0987. The molecule has 0 saturated carbocycles. The maximum atomic E-state index is 11.4. The lowest BCUT2D eigenvalue weighted by Crippen LogP contribution is -2.18. The first kappa shape index (κ1) is 13.8. The van der Waals surface area contributed by atoms with Gasteiger partial charge in [-0.05, 0) is 19.8 Å². The van der Waals surface area contributed by atoms with Crippen LogP contribution >= 0.6 is 10.7 Å². The molecule has 0 radical (unpaired) electrons. The van der Waals surface area contributed by atoms with Crippen LogP contribution in [0.15, 0.2) is 5.16 Å². The minimum Gasteiger partial charge on any atom is -0.377 e. The summed E-state index contributed by atoms with van der Waals surface area (Å²) in [5.74, 6) is 0.746. The molecule has 1 saturated heterocycles. The van der Waals surface area contributed by atoms with Gasteiger partial charge in [-0.2, -0.15) is 0 Å². The van der Waals surface area contributed by atoms with Crippen LogP contribution in [0.1, 0.15) is 38.4 Å². The van der Waals surface area contributed by atoms with Crippen LogP contribution in [0.3, 0.4) is 0 Å². The van der Waals surface area contributed by atoms with Crippen molar-refractivity contribution in [3.05, 3.63) is 5.82 Å². The SMILES string of the molecule is CCC1OCCC1c1nnc(S(=O)(=O)Cl)n1CC. The van der Waals surface area contributed by atoms with Gasteiger partial charge in [-0.1, -0.05) is 6.92 Å². The second-order valence-electron chi connectivity index (χ2n) is 4.24. The Hall–Kier alpha value is -0.660. The van der Waals surface area contributed by atoms with Gasteiger partial charge in [-0.3, -0.25) is 0 Å². The standard InChI is InChI=1S/C10H16ClN3O3S/c1-3-8-7(5-6-17-8)9-12-13-10(14(9)4-2)18(11,15)16/h7-8H,3-6H2,1-2H3. The molecule has 0 aromatic carbocycles. The molecule has 2 unspecified atom stereocenters. The molecule has 0 aliphatic carbocycles. The highest BCUT2D eigenvalue weighted by atomic mass is 35.7. The van der Waals surface area contributed by atoms with Crippen LogP contribution in [0, 0.1) is 0 Å². The van der Waals surface area contributed by atoms with Gasteiger partial charge in [-0.15, -0.1) is 10.2 Å². The zero-order valence-electron chi connectivity index (χ0n) is 10.3. The van der Waals surface area contributed by atoms with Crippen LogP contribution in [0.2, 0.25) is 0 Å². The summed E-state index contributed by atoms with van der Waals surface area (Å²) in [6, 6.07) is 0. The maximum Gasteiger partial charge on any atom is 0.296 e. The Morgan fingerprint density at radius 1 is 1.44 bits per heavy atom. The van der Waals surface area contributed by atoms with Crippen LogP contribution in [0.4, 0.5) is 0 Å². The average molecular weight is 294 g/mol. The molecule has 2 rings (SSSR count). The van der Waals surface area contributed by atoms with Gasteiger partial charge in [0.2, 0.25) is 0 Å². The van der Waals surface area contributed by atoms with Gasteiger partial charge in [0.1, 0.15) is 5.82 Å². The molecule has 0 amide bonds. The second kappa shape index (κ2) is 5.14. The van der Waals surface area contributed by atoms with E-state index in [1.54, 1.807) is 4.57 Å². The van der Waals surface area contributed by atoms with E-state index in [9.17, 15) is 8.42 Å². The molecule has 1 fully saturated rings. The van der Waals surface area contributed by atoms with E-state index in [0.717, 1.165) is 12.8 Å². The Labute approximate surface area is 111 Å². The summed E-state index contributed by atoms with van der Waals surface area (Å²) in [5.41, 5.74) is 0. The normalized spacial score (nSPS) is 24.6. The fourth-order valence-electron chi connectivity index (χ4n) is 2.40. The first-order valence-electron chi connectivity index (χ1n) is 5.98. The van der Waals surface area contributed by atoms with Crippen molar-refractivity contribution in [3.8, 4) is 0 Å². The van der Waals surface area contributed by atoms with Crippen molar-refractivity contribution in [1.29, 1.82) is 0 Å². The van der Waals surface area contributed by atoms with Crippen molar-refractivity contribution in [2.75, 3.05) is 6.61 Å². The molecular weight excluding hydrogens is 278 g/mol. The van der Waals surface area contributed by atoms with Gasteiger partial charge in [0.15, 0.2) is 0 Å². The molecule has 8 heteroatoms. The smallest absolute Gasteiger partial charge is 0.296 e. The summed E-state index contributed by atoms with van der Waals surface area (Å²) in [5, 5.41) is 7.53. The Bertz CT molecular complexity index is 528. The van der Waals surface area contributed by atoms with Crippen molar-refractivity contribution in [1.82, 2.24) is 14.8 Å². The molecule has 102 valence electrons. The van der Waals surface area contributed by atoms with E-state index in [1.165, 1.54) is 0 Å². The van der Waals surface area contributed by atoms with Crippen LogP contribution in [0.5, 0.6) is 0 Å². The van der Waals surface area contributed by atoms with Gasteiger partial charge in [0, 0.05) is 29.8 Å². The molecule has 1 aliphatic heterocycles. The van der Waals surface area contributed by atoms with Crippen LogP contribution in [0.25, 0.3) is 0 Å². The van der Waals surface area contributed by atoms with Gasteiger partial charge in [0.05, 0.1) is 6.10 Å². The number of ether oxygens (including phenoxy) is 1. The van der Waals surface area contributed by atoms with Gasteiger partial charge in [0.25, 0.3) is 14.2 Å². The summed E-state index contributed by atoms with van der Waals surface area (Å²) < 4.78 is 30.0. The summed E-state index contributed by atoms with van der Waals surface area (Å²) in [6.07, 6.45) is 1.77. The molecule has 0 bridgehead atoms. The van der Waals surface area contributed by atoms with Crippen molar-refractivity contribution in [2.45, 2.75) is 50.4 Å². The Morgan fingerprint density at radius 2 is 2.17 bits per heavy atom. The Morgan fingerprint density at radius 3 is 2.72 bits per heavy atom. The number of halogens is 1. The minimum atomic E-state index is -3.86. The van der Waals surface area contributed by atoms with E-state index in [0.29, 0.717) is 19.0 Å². The van der Waals surface area contributed by atoms with E-state index in [4.69, 9.17) is 15.4 Å². The van der Waals surface area contributed by atoms with E-state index < -0.39 is 9.05 Å². The molecule has 0 N–H and O–H groups in total. The Balaban J connectivity index is 2.43. The molecule has 2 heterocycles. The molecule has 2 atom stereocenters. The third kappa shape index (κ3) is 2.39. The summed E-state index contributed by atoms with van der Waals surface area (Å²) in [7, 11) is 1.49. The average Bonchev–Trinajstić information content (AvgIpc) is 2.93. The summed E-state index contributed by atoms with van der Waals surface area (Å²) >= 11 is 0. The topological polar surface area (TPSA) is 74.1 Å².